The lowest BCUT2D eigenvalue weighted by Crippen LogP contribution is -3.00. The average molecular weight is 363 g/mol. The molecule has 3 nitrogen and oxygen atoms in total. The first-order valence-corrected chi connectivity index (χ1v) is 8.26. The molecule has 0 aliphatic carbocycles. The molecule has 0 saturated carbocycles. The summed E-state index contributed by atoms with van der Waals surface area (Å²) >= 11 is 0. The summed E-state index contributed by atoms with van der Waals surface area (Å²) in [5, 5.41) is 0. The van der Waals surface area contributed by atoms with Gasteiger partial charge in [0.05, 0.1) is 13.1 Å². The number of aromatic nitrogens is 2. The molecule has 0 radical (unpaired) electrons. The second-order valence-corrected chi connectivity index (χ2v) is 5.79. The molecule has 0 bridgehead atoms. The molecule has 1 heterocycles. The van der Waals surface area contributed by atoms with E-state index in [-0.39, 0.29) is 22.5 Å². The molecule has 1 aromatic rings. The minimum Gasteiger partial charge on any atom is -1.00 e. The van der Waals surface area contributed by atoms with Crippen molar-refractivity contribution in [3.05, 3.63) is 17.7 Å². The fraction of sp³-hybridized carbons (Fsp3) is 0.824. The van der Waals surface area contributed by atoms with Gasteiger partial charge in [-0.15, -0.1) is 0 Å². The van der Waals surface area contributed by atoms with E-state index < -0.39 is 0 Å². The maximum absolute atomic E-state index is 2.45. The summed E-state index contributed by atoms with van der Waals surface area (Å²) in [6.07, 6.45) is 13.1. The highest BCUT2D eigenvalue weighted by Gasteiger charge is 2.14. The van der Waals surface area contributed by atoms with Crippen molar-refractivity contribution in [3.8, 4) is 0 Å². The van der Waals surface area contributed by atoms with Gasteiger partial charge in [-0.3, -0.25) is 0 Å². The Morgan fingerprint density at radius 1 is 0.905 bits per heavy atom. The van der Waals surface area contributed by atoms with Crippen LogP contribution in [0.25, 0.3) is 0 Å². The third-order valence-corrected chi connectivity index (χ3v) is 4.17. The maximum atomic E-state index is 2.45. The van der Waals surface area contributed by atoms with Gasteiger partial charge in [-0.2, -0.15) is 0 Å². The molecule has 0 amide bonds. The highest BCUT2D eigenvalue weighted by molar-refractivity contribution is 5.02. The van der Waals surface area contributed by atoms with E-state index in [2.05, 4.69) is 43.2 Å². The molecule has 126 valence electrons. The van der Waals surface area contributed by atoms with Gasteiger partial charge in [0.25, 0.3) is 0 Å². The van der Waals surface area contributed by atoms with Crippen molar-refractivity contribution in [2.24, 2.45) is 0 Å². The second-order valence-electron chi connectivity index (χ2n) is 5.79. The van der Waals surface area contributed by atoms with Crippen LogP contribution in [0.1, 0.15) is 76.6 Å². The zero-order chi connectivity index (χ0) is 14.1. The van der Waals surface area contributed by atoms with E-state index in [1.807, 2.05) is 0 Å². The summed E-state index contributed by atoms with van der Waals surface area (Å²) in [4.78, 5) is 0. The van der Waals surface area contributed by atoms with E-state index in [1.165, 1.54) is 75.8 Å². The predicted molar refractivity (Wildman–Crippen MR) is 86.0 cm³/mol. The summed E-state index contributed by atoms with van der Waals surface area (Å²) in [5.41, 5.74) is 2.90. The van der Waals surface area contributed by atoms with Crippen LogP contribution in [0.5, 0.6) is 0 Å². The van der Waals surface area contributed by atoms with Gasteiger partial charge in [-0.25, -0.2) is 9.13 Å². The highest BCUT2D eigenvalue weighted by atomic mass is 79.9. The average Bonchev–Trinajstić information content (AvgIpc) is 2.68. The van der Waals surface area contributed by atoms with Crippen molar-refractivity contribution in [3.63, 3.8) is 0 Å². The van der Waals surface area contributed by atoms with Crippen LogP contribution < -0.4 is 21.5 Å². The lowest BCUT2D eigenvalue weighted by atomic mass is 10.2. The smallest absolute Gasteiger partial charge is 0.244 e. The third-order valence-electron chi connectivity index (χ3n) is 4.17. The zero-order valence-corrected chi connectivity index (χ0v) is 16.0. The molecule has 0 atom stereocenters. The van der Waals surface area contributed by atoms with Crippen molar-refractivity contribution in [1.29, 1.82) is 0 Å². The lowest BCUT2D eigenvalue weighted by molar-refractivity contribution is -0.702. The van der Waals surface area contributed by atoms with E-state index in [1.54, 1.807) is 0 Å². The summed E-state index contributed by atoms with van der Waals surface area (Å²) in [6.45, 7) is 11.4. The van der Waals surface area contributed by atoms with E-state index in [4.69, 9.17) is 0 Å². The van der Waals surface area contributed by atoms with Crippen molar-refractivity contribution >= 4 is 0 Å². The standard InChI is InChI=1S/C17H33N2.BrH.H2O/c1-5-7-9-11-13-18-15-19(17(4)16(18)3)14-12-10-8-6-2;;/h15H,5-14H2,1-4H3;1H;1H2/q+1;;/p-1. The fourth-order valence-electron chi connectivity index (χ4n) is 2.63. The lowest BCUT2D eigenvalue weighted by Gasteiger charge is -1.98. The van der Waals surface area contributed by atoms with Gasteiger partial charge in [0.15, 0.2) is 0 Å². The van der Waals surface area contributed by atoms with Gasteiger partial charge in [0.2, 0.25) is 6.33 Å². The zero-order valence-electron chi connectivity index (χ0n) is 14.4. The Morgan fingerprint density at radius 2 is 1.48 bits per heavy atom. The molecule has 0 aliphatic heterocycles. The Labute approximate surface area is 141 Å². The maximum Gasteiger partial charge on any atom is 0.244 e. The Hall–Kier alpha value is -0.350. The van der Waals surface area contributed by atoms with E-state index >= 15 is 0 Å². The van der Waals surface area contributed by atoms with Crippen LogP contribution in [0.15, 0.2) is 6.33 Å². The summed E-state index contributed by atoms with van der Waals surface area (Å²) < 4.78 is 4.90. The predicted octanol–water partition coefficient (Wildman–Crippen LogP) is 0.732. The normalized spacial score (nSPS) is 10.1. The first-order chi connectivity index (χ1) is 9.20. The van der Waals surface area contributed by atoms with Gasteiger partial charge in [-0.1, -0.05) is 39.5 Å². The molecule has 0 spiro atoms. The Balaban J connectivity index is 0. The molecule has 21 heavy (non-hydrogen) atoms. The van der Waals surface area contributed by atoms with Crippen molar-refractivity contribution in [1.82, 2.24) is 4.57 Å². The van der Waals surface area contributed by atoms with Crippen LogP contribution >= 0.6 is 0 Å². The molecular weight excluding hydrogens is 328 g/mol. The van der Waals surface area contributed by atoms with Crippen molar-refractivity contribution in [2.75, 3.05) is 0 Å². The van der Waals surface area contributed by atoms with E-state index in [0.29, 0.717) is 0 Å². The Morgan fingerprint density at radius 3 is 2.05 bits per heavy atom. The van der Waals surface area contributed by atoms with Crippen LogP contribution in [0.4, 0.5) is 0 Å². The molecule has 0 saturated heterocycles. The fourth-order valence-corrected chi connectivity index (χ4v) is 2.63. The SMILES string of the molecule is CCCCCCn1c[n+](CCCCCC)c(C)c1C.O.[Br-]. The Kier molecular flexibility index (Phi) is 14.5. The van der Waals surface area contributed by atoms with Crippen LogP contribution in [-0.2, 0) is 13.1 Å². The largest absolute Gasteiger partial charge is 1.00 e. The van der Waals surface area contributed by atoms with Gasteiger partial charge >= 0.3 is 0 Å². The van der Waals surface area contributed by atoms with Crippen LogP contribution in [0, 0.1) is 13.8 Å². The summed E-state index contributed by atoms with van der Waals surface area (Å²) in [6, 6.07) is 0. The first kappa shape index (κ1) is 22.9. The molecule has 0 fully saturated rings. The van der Waals surface area contributed by atoms with Gasteiger partial charge in [0, 0.05) is 13.8 Å². The highest BCUT2D eigenvalue weighted by Crippen LogP contribution is 2.08. The third kappa shape index (κ3) is 8.01. The number of imidazole rings is 1. The second kappa shape index (κ2) is 13.3. The van der Waals surface area contributed by atoms with Gasteiger partial charge in [0.1, 0.15) is 11.4 Å². The quantitative estimate of drug-likeness (QED) is 0.435. The molecule has 1 rings (SSSR count). The van der Waals surface area contributed by atoms with Gasteiger partial charge < -0.3 is 22.5 Å². The monoisotopic (exact) mass is 362 g/mol. The number of rotatable bonds is 10. The molecule has 1 aromatic heterocycles. The van der Waals surface area contributed by atoms with Crippen LogP contribution in [-0.4, -0.2) is 10.0 Å². The molecule has 2 N–H and O–H groups in total. The van der Waals surface area contributed by atoms with Crippen LogP contribution in [0.2, 0.25) is 0 Å². The van der Waals surface area contributed by atoms with Crippen molar-refractivity contribution in [2.45, 2.75) is 92.2 Å². The number of hydrogen-bond acceptors (Lipinski definition) is 0. The minimum absolute atomic E-state index is 0. The van der Waals surface area contributed by atoms with Gasteiger partial charge in [-0.05, 0) is 25.7 Å². The van der Waals surface area contributed by atoms with Crippen molar-refractivity contribution < 1.29 is 27.0 Å². The number of nitrogens with zero attached hydrogens (tertiary/aromatic N) is 2. The van der Waals surface area contributed by atoms with E-state index in [0.717, 1.165) is 0 Å². The minimum atomic E-state index is 0. The first-order valence-electron chi connectivity index (χ1n) is 8.26. The molecule has 4 heteroatoms. The molecule has 0 aliphatic rings. The number of aryl methyl sites for hydroxylation is 2. The topological polar surface area (TPSA) is 40.3 Å². The number of hydrogen-bond donors (Lipinski definition) is 0. The molecule has 0 unspecified atom stereocenters. The summed E-state index contributed by atoms with van der Waals surface area (Å²) in [5.74, 6) is 0. The van der Waals surface area contributed by atoms with E-state index in [9.17, 15) is 0 Å². The van der Waals surface area contributed by atoms with Crippen LogP contribution in [0.3, 0.4) is 0 Å². The Bertz CT molecular complexity index is 331. The number of halogens is 1. The molecule has 0 aromatic carbocycles. The number of unbranched alkanes of at least 4 members (excludes halogenated alkanes) is 6. The summed E-state index contributed by atoms with van der Waals surface area (Å²) in [7, 11) is 0. The molecular formula is C17H35BrN2O.